The van der Waals surface area contributed by atoms with Gasteiger partial charge in [0.1, 0.15) is 0 Å². The third-order valence-corrected chi connectivity index (χ3v) is 5.13. The Morgan fingerprint density at radius 1 is 0.733 bits per heavy atom. The Hall–Kier alpha value is -1.84. The Balaban J connectivity index is 2.71. The van der Waals surface area contributed by atoms with Gasteiger partial charge in [0.05, 0.1) is 24.3 Å². The van der Waals surface area contributed by atoms with Crippen molar-refractivity contribution in [1.82, 2.24) is 0 Å². The van der Waals surface area contributed by atoms with E-state index in [0.29, 0.717) is 30.3 Å². The molecule has 170 valence electrons. The van der Waals surface area contributed by atoms with Gasteiger partial charge < -0.3 is 9.47 Å². The Morgan fingerprint density at radius 3 is 1.73 bits per heavy atom. The number of hydrogen-bond donors (Lipinski definition) is 0. The molecule has 1 aromatic rings. The zero-order valence-electron chi connectivity index (χ0n) is 19.6. The molecule has 0 bridgehead atoms. The average molecular weight is 419 g/mol. The van der Waals surface area contributed by atoms with Crippen molar-refractivity contribution in [2.45, 2.75) is 98.3 Å². The third kappa shape index (κ3) is 10.8. The maximum atomic E-state index is 12.7. The highest BCUT2D eigenvalue weighted by Crippen LogP contribution is 2.18. The highest BCUT2D eigenvalue weighted by atomic mass is 16.5. The van der Waals surface area contributed by atoms with E-state index in [9.17, 15) is 9.59 Å². The molecule has 0 heterocycles. The third-order valence-electron chi connectivity index (χ3n) is 5.13. The molecule has 0 saturated heterocycles. The van der Waals surface area contributed by atoms with Gasteiger partial charge in [-0.05, 0) is 42.9 Å². The molecule has 0 aliphatic rings. The number of esters is 2. The van der Waals surface area contributed by atoms with Gasteiger partial charge in [0.2, 0.25) is 0 Å². The SMILES string of the molecule is CCCCCCCOC(=O)c1ccc(CC(C)C)cc1C(=O)OCCCCCCC. The van der Waals surface area contributed by atoms with E-state index in [-0.39, 0.29) is 0 Å². The first kappa shape index (κ1) is 26.2. The van der Waals surface area contributed by atoms with Crippen LogP contribution in [0.3, 0.4) is 0 Å². The molecule has 0 fully saturated rings. The van der Waals surface area contributed by atoms with Crippen molar-refractivity contribution < 1.29 is 19.1 Å². The smallest absolute Gasteiger partial charge is 0.339 e. The topological polar surface area (TPSA) is 52.6 Å². The molecule has 0 amide bonds. The second-order valence-electron chi connectivity index (χ2n) is 8.58. The molecular weight excluding hydrogens is 376 g/mol. The maximum Gasteiger partial charge on any atom is 0.339 e. The number of benzene rings is 1. The van der Waals surface area contributed by atoms with Gasteiger partial charge in [-0.15, -0.1) is 0 Å². The van der Waals surface area contributed by atoms with Crippen LogP contribution in [0, 0.1) is 5.92 Å². The lowest BCUT2D eigenvalue weighted by Crippen LogP contribution is -2.16. The summed E-state index contributed by atoms with van der Waals surface area (Å²) in [7, 11) is 0. The predicted octanol–water partition coefficient (Wildman–Crippen LogP) is 7.14. The van der Waals surface area contributed by atoms with Gasteiger partial charge in [0.15, 0.2) is 0 Å². The molecule has 0 atom stereocenters. The summed E-state index contributed by atoms with van der Waals surface area (Å²) in [4.78, 5) is 25.3. The number of carbonyl (C=O) groups excluding carboxylic acids is 2. The molecule has 0 aliphatic heterocycles. The molecule has 1 rings (SSSR count). The van der Waals surface area contributed by atoms with Crippen molar-refractivity contribution in [2.24, 2.45) is 5.92 Å². The van der Waals surface area contributed by atoms with Crippen LogP contribution >= 0.6 is 0 Å². The summed E-state index contributed by atoms with van der Waals surface area (Å²) in [5, 5.41) is 0. The minimum Gasteiger partial charge on any atom is -0.462 e. The van der Waals surface area contributed by atoms with E-state index in [1.165, 1.54) is 25.7 Å². The molecule has 0 saturated carbocycles. The lowest BCUT2D eigenvalue weighted by atomic mass is 9.98. The minimum atomic E-state index is -0.434. The van der Waals surface area contributed by atoms with Gasteiger partial charge >= 0.3 is 11.9 Å². The minimum absolute atomic E-state index is 0.312. The molecule has 0 N–H and O–H groups in total. The van der Waals surface area contributed by atoms with Crippen molar-refractivity contribution in [1.29, 1.82) is 0 Å². The van der Waals surface area contributed by atoms with E-state index in [2.05, 4.69) is 27.7 Å². The number of carbonyl (C=O) groups is 2. The summed E-state index contributed by atoms with van der Waals surface area (Å²) in [6.07, 6.45) is 11.8. The summed E-state index contributed by atoms with van der Waals surface area (Å²) < 4.78 is 10.9. The highest BCUT2D eigenvalue weighted by Gasteiger charge is 2.20. The molecule has 1 aromatic carbocycles. The molecule has 0 aromatic heterocycles. The van der Waals surface area contributed by atoms with Crippen LogP contribution in [0.5, 0.6) is 0 Å². The van der Waals surface area contributed by atoms with Crippen LogP contribution in [0.25, 0.3) is 0 Å². The fraction of sp³-hybridized carbons (Fsp3) is 0.692. The molecule has 0 aliphatic carbocycles. The predicted molar refractivity (Wildman–Crippen MR) is 123 cm³/mol. The first-order valence-electron chi connectivity index (χ1n) is 12.0. The van der Waals surface area contributed by atoms with Crippen LogP contribution in [-0.2, 0) is 15.9 Å². The summed E-state index contributed by atoms with van der Waals surface area (Å²) in [5.74, 6) is -0.393. The van der Waals surface area contributed by atoms with Crippen molar-refractivity contribution in [3.05, 3.63) is 34.9 Å². The average Bonchev–Trinajstić information content (AvgIpc) is 2.72. The quantitative estimate of drug-likeness (QED) is 0.211. The summed E-state index contributed by atoms with van der Waals surface area (Å²) in [6, 6.07) is 5.44. The normalized spacial score (nSPS) is 11.0. The van der Waals surface area contributed by atoms with Gasteiger partial charge in [0, 0.05) is 0 Å². The van der Waals surface area contributed by atoms with Crippen molar-refractivity contribution in [2.75, 3.05) is 13.2 Å². The fourth-order valence-corrected chi connectivity index (χ4v) is 3.43. The van der Waals surface area contributed by atoms with E-state index in [1.807, 2.05) is 6.07 Å². The molecular formula is C26H42O4. The van der Waals surface area contributed by atoms with Crippen LogP contribution in [-0.4, -0.2) is 25.2 Å². The molecule has 0 unspecified atom stereocenters. The summed E-state index contributed by atoms with van der Waals surface area (Å²) >= 11 is 0. The molecule has 0 spiro atoms. The van der Waals surface area contributed by atoms with Gasteiger partial charge in [-0.1, -0.05) is 85.1 Å². The van der Waals surface area contributed by atoms with E-state index >= 15 is 0 Å². The Kier molecular flexibility index (Phi) is 13.9. The second kappa shape index (κ2) is 15.9. The first-order chi connectivity index (χ1) is 14.5. The van der Waals surface area contributed by atoms with Gasteiger partial charge in [-0.3, -0.25) is 0 Å². The molecule has 30 heavy (non-hydrogen) atoms. The molecule has 0 radical (unpaired) electrons. The monoisotopic (exact) mass is 418 g/mol. The van der Waals surface area contributed by atoms with Gasteiger partial charge in [-0.2, -0.15) is 0 Å². The van der Waals surface area contributed by atoms with Crippen molar-refractivity contribution in [3.8, 4) is 0 Å². The van der Waals surface area contributed by atoms with Gasteiger partial charge in [-0.25, -0.2) is 9.59 Å². The van der Waals surface area contributed by atoms with E-state index in [1.54, 1.807) is 12.1 Å². The standard InChI is InChI=1S/C26H42O4/c1-5-7-9-11-13-17-29-25(27)23-16-15-22(19-21(3)4)20-24(23)26(28)30-18-14-12-10-8-6-2/h15-16,20-21H,5-14,17-19H2,1-4H3. The molecule has 4 heteroatoms. The van der Waals surface area contributed by atoms with Crippen molar-refractivity contribution >= 4 is 11.9 Å². The summed E-state index contributed by atoms with van der Waals surface area (Å²) in [6.45, 7) is 9.40. The zero-order valence-corrected chi connectivity index (χ0v) is 19.6. The van der Waals surface area contributed by atoms with Crippen LogP contribution in [0.4, 0.5) is 0 Å². The highest BCUT2D eigenvalue weighted by molar-refractivity contribution is 6.03. The molecule has 4 nitrogen and oxygen atoms in total. The van der Waals surface area contributed by atoms with Crippen LogP contribution < -0.4 is 0 Å². The Bertz CT molecular complexity index is 621. The first-order valence-corrected chi connectivity index (χ1v) is 12.0. The Labute approximate surface area is 183 Å². The van der Waals surface area contributed by atoms with Crippen LogP contribution in [0.15, 0.2) is 18.2 Å². The van der Waals surface area contributed by atoms with Crippen molar-refractivity contribution in [3.63, 3.8) is 0 Å². The van der Waals surface area contributed by atoms with E-state index in [4.69, 9.17) is 9.47 Å². The number of rotatable bonds is 16. The number of unbranched alkanes of at least 4 members (excludes halogenated alkanes) is 8. The van der Waals surface area contributed by atoms with Gasteiger partial charge in [0.25, 0.3) is 0 Å². The van der Waals surface area contributed by atoms with E-state index < -0.39 is 11.9 Å². The largest absolute Gasteiger partial charge is 0.462 e. The lowest BCUT2D eigenvalue weighted by Gasteiger charge is -2.13. The summed E-state index contributed by atoms with van der Waals surface area (Å²) in [5.41, 5.74) is 1.68. The number of hydrogen-bond acceptors (Lipinski definition) is 4. The lowest BCUT2D eigenvalue weighted by molar-refractivity contribution is 0.0450. The fourth-order valence-electron chi connectivity index (χ4n) is 3.43. The second-order valence-corrected chi connectivity index (χ2v) is 8.58. The maximum absolute atomic E-state index is 12.7. The van der Waals surface area contributed by atoms with E-state index in [0.717, 1.165) is 50.5 Å². The van der Waals surface area contributed by atoms with Crippen LogP contribution in [0.2, 0.25) is 0 Å². The number of ether oxygens (including phenoxy) is 2. The Morgan fingerprint density at radius 2 is 1.23 bits per heavy atom. The zero-order chi connectivity index (χ0) is 22.2. The van der Waals surface area contributed by atoms with Crippen LogP contribution in [0.1, 0.15) is 118 Å².